The highest BCUT2D eigenvalue weighted by Gasteiger charge is 2.31. The zero-order chi connectivity index (χ0) is 30.5. The van der Waals surface area contributed by atoms with Gasteiger partial charge in [-0.1, -0.05) is 42.5 Å². The number of rotatable bonds is 16. The number of nitrogens with one attached hydrogen (secondary N) is 3. The van der Waals surface area contributed by atoms with Crippen LogP contribution in [0, 0.1) is 0 Å². The van der Waals surface area contributed by atoms with Gasteiger partial charge in [-0.2, -0.15) is 0 Å². The van der Waals surface area contributed by atoms with Gasteiger partial charge < -0.3 is 42.7 Å². The van der Waals surface area contributed by atoms with Crippen LogP contribution in [0.25, 0.3) is 0 Å². The van der Waals surface area contributed by atoms with Crippen LogP contribution in [0.3, 0.4) is 0 Å². The highest BCUT2D eigenvalue weighted by molar-refractivity contribution is 5.95. The molecule has 0 aliphatic heterocycles. The summed E-state index contributed by atoms with van der Waals surface area (Å²) in [5.41, 5.74) is 11.9. The summed E-state index contributed by atoms with van der Waals surface area (Å²) in [6.07, 6.45) is -1.44. The van der Waals surface area contributed by atoms with Gasteiger partial charge in [0.1, 0.15) is 23.9 Å². The molecule has 41 heavy (non-hydrogen) atoms. The van der Waals surface area contributed by atoms with E-state index in [-0.39, 0.29) is 31.4 Å². The van der Waals surface area contributed by atoms with Gasteiger partial charge in [-0.05, 0) is 29.7 Å². The van der Waals surface area contributed by atoms with Crippen LogP contribution in [-0.4, -0.2) is 75.1 Å². The minimum Gasteiger partial charge on any atom is -0.508 e. The molecular formula is C27H33N5O9. The summed E-state index contributed by atoms with van der Waals surface area (Å²) in [6, 6.07) is 8.51. The number of benzene rings is 2. The zero-order valence-corrected chi connectivity index (χ0v) is 22.0. The van der Waals surface area contributed by atoms with Crippen molar-refractivity contribution in [3.8, 4) is 5.75 Å². The molecule has 0 aliphatic carbocycles. The number of carboxylic acids is 2. The highest BCUT2D eigenvalue weighted by atomic mass is 16.4. The quantitative estimate of drug-likeness (QED) is 0.119. The van der Waals surface area contributed by atoms with Gasteiger partial charge in [0.05, 0.1) is 12.5 Å². The average Bonchev–Trinajstić information content (AvgIpc) is 2.91. The van der Waals surface area contributed by atoms with E-state index < -0.39 is 66.2 Å². The maximum atomic E-state index is 13.3. The Bertz CT molecular complexity index is 1240. The fourth-order valence-electron chi connectivity index (χ4n) is 3.76. The van der Waals surface area contributed by atoms with Crippen molar-refractivity contribution in [3.05, 3.63) is 65.7 Å². The number of carboxylic acid groups (broad SMARTS) is 2. The SMILES string of the molecule is NC(=O)CCC(N)C(=O)NC(CC(=O)O)C(=O)NC(Cc1ccc(O)cc1)C(=O)NC(Cc1ccccc1)C(=O)O. The molecule has 2 rings (SSSR count). The zero-order valence-electron chi connectivity index (χ0n) is 22.0. The Morgan fingerprint density at radius 2 is 1.22 bits per heavy atom. The first-order valence-corrected chi connectivity index (χ1v) is 12.6. The van der Waals surface area contributed by atoms with Crippen LogP contribution in [0.4, 0.5) is 0 Å². The fourth-order valence-corrected chi connectivity index (χ4v) is 3.76. The molecule has 0 saturated heterocycles. The predicted octanol–water partition coefficient (Wildman–Crippen LogP) is -1.22. The molecule has 4 unspecified atom stereocenters. The molecule has 0 spiro atoms. The van der Waals surface area contributed by atoms with Gasteiger partial charge in [-0.3, -0.25) is 24.0 Å². The minimum absolute atomic E-state index is 0.0514. The average molecular weight is 572 g/mol. The molecule has 2 aromatic rings. The maximum Gasteiger partial charge on any atom is 0.326 e. The van der Waals surface area contributed by atoms with Crippen LogP contribution >= 0.6 is 0 Å². The van der Waals surface area contributed by atoms with Crippen molar-refractivity contribution in [1.29, 1.82) is 0 Å². The lowest BCUT2D eigenvalue weighted by Crippen LogP contribution is -2.58. The van der Waals surface area contributed by atoms with Crippen molar-refractivity contribution in [2.75, 3.05) is 0 Å². The Kier molecular flexibility index (Phi) is 12.2. The van der Waals surface area contributed by atoms with E-state index in [0.717, 1.165) is 0 Å². The number of aliphatic carboxylic acids is 2. The van der Waals surface area contributed by atoms with Gasteiger partial charge in [0.15, 0.2) is 0 Å². The van der Waals surface area contributed by atoms with Crippen LogP contribution in [0.15, 0.2) is 54.6 Å². The molecule has 0 radical (unpaired) electrons. The van der Waals surface area contributed by atoms with E-state index in [9.17, 15) is 44.1 Å². The van der Waals surface area contributed by atoms with Crippen molar-refractivity contribution in [2.45, 2.75) is 56.3 Å². The third-order valence-electron chi connectivity index (χ3n) is 5.96. The predicted molar refractivity (Wildman–Crippen MR) is 144 cm³/mol. The largest absolute Gasteiger partial charge is 0.508 e. The van der Waals surface area contributed by atoms with Gasteiger partial charge in [0.25, 0.3) is 0 Å². The molecule has 14 heteroatoms. The molecule has 0 saturated carbocycles. The molecule has 10 N–H and O–H groups in total. The number of amides is 4. The van der Waals surface area contributed by atoms with Crippen LogP contribution in [0.2, 0.25) is 0 Å². The van der Waals surface area contributed by atoms with Crippen molar-refractivity contribution in [1.82, 2.24) is 16.0 Å². The van der Waals surface area contributed by atoms with Crippen molar-refractivity contribution < 1.29 is 44.1 Å². The maximum absolute atomic E-state index is 13.3. The summed E-state index contributed by atoms with van der Waals surface area (Å²) in [5.74, 6) is -6.36. The molecule has 0 fully saturated rings. The van der Waals surface area contributed by atoms with Crippen LogP contribution in [-0.2, 0) is 41.6 Å². The lowest BCUT2D eigenvalue weighted by molar-refractivity contribution is -0.143. The van der Waals surface area contributed by atoms with E-state index in [4.69, 9.17) is 11.5 Å². The number of aromatic hydroxyl groups is 1. The summed E-state index contributed by atoms with van der Waals surface area (Å²) in [4.78, 5) is 73.2. The molecule has 0 aromatic heterocycles. The lowest BCUT2D eigenvalue weighted by Gasteiger charge is -2.25. The smallest absolute Gasteiger partial charge is 0.326 e. The molecule has 2 aromatic carbocycles. The van der Waals surface area contributed by atoms with Gasteiger partial charge in [0.2, 0.25) is 23.6 Å². The van der Waals surface area contributed by atoms with Crippen LogP contribution in [0.5, 0.6) is 5.75 Å². The first-order chi connectivity index (χ1) is 19.3. The lowest BCUT2D eigenvalue weighted by atomic mass is 10.0. The Hall–Kier alpha value is -4.98. The summed E-state index contributed by atoms with van der Waals surface area (Å²) in [6.45, 7) is 0. The molecule has 0 heterocycles. The minimum atomic E-state index is -1.66. The number of carbonyl (C=O) groups is 6. The normalized spacial score (nSPS) is 13.6. The number of phenols is 1. The summed E-state index contributed by atoms with van der Waals surface area (Å²) in [5, 5.41) is 35.6. The number of phenolic OH excluding ortho intramolecular Hbond substituents is 1. The number of nitrogens with two attached hydrogens (primary N) is 2. The molecule has 4 atom stereocenters. The third-order valence-corrected chi connectivity index (χ3v) is 5.96. The van der Waals surface area contributed by atoms with E-state index in [1.807, 2.05) is 0 Å². The number of hydrogen-bond donors (Lipinski definition) is 8. The second-order valence-corrected chi connectivity index (χ2v) is 9.29. The standard InChI is InChI=1S/C27H33N5O9/c28-18(10-11-22(29)34)24(37)30-20(14-23(35)36)26(39)31-19(12-16-6-8-17(33)9-7-16)25(38)32-21(27(40)41)13-15-4-2-1-3-5-15/h1-9,18-21,33H,10-14,28H2,(H2,29,34)(H,30,37)(H,31,39)(H,32,38)(H,35,36)(H,40,41). The van der Waals surface area contributed by atoms with E-state index in [1.54, 1.807) is 30.3 Å². The number of carbonyl (C=O) groups excluding carboxylic acids is 4. The van der Waals surface area contributed by atoms with Gasteiger partial charge in [0, 0.05) is 19.3 Å². The Labute approximate surface area is 235 Å². The summed E-state index contributed by atoms with van der Waals surface area (Å²) < 4.78 is 0. The molecular weight excluding hydrogens is 538 g/mol. The van der Waals surface area contributed by atoms with Crippen molar-refractivity contribution in [2.24, 2.45) is 11.5 Å². The Morgan fingerprint density at radius 1 is 0.707 bits per heavy atom. The third kappa shape index (κ3) is 11.3. The van der Waals surface area contributed by atoms with Crippen molar-refractivity contribution in [3.63, 3.8) is 0 Å². The summed E-state index contributed by atoms with van der Waals surface area (Å²) in [7, 11) is 0. The number of primary amides is 1. The fraction of sp³-hybridized carbons (Fsp3) is 0.333. The molecule has 4 amide bonds. The first-order valence-electron chi connectivity index (χ1n) is 12.6. The van der Waals surface area contributed by atoms with E-state index in [0.29, 0.717) is 11.1 Å². The highest BCUT2D eigenvalue weighted by Crippen LogP contribution is 2.12. The monoisotopic (exact) mass is 571 g/mol. The molecule has 14 nitrogen and oxygen atoms in total. The Morgan fingerprint density at radius 3 is 1.78 bits per heavy atom. The van der Waals surface area contributed by atoms with Gasteiger partial charge in [-0.25, -0.2) is 4.79 Å². The second kappa shape index (κ2) is 15.6. The topological polar surface area (TPSA) is 251 Å². The molecule has 220 valence electrons. The van der Waals surface area contributed by atoms with Gasteiger partial charge in [-0.15, -0.1) is 0 Å². The van der Waals surface area contributed by atoms with Crippen LogP contribution < -0.4 is 27.4 Å². The van der Waals surface area contributed by atoms with Crippen LogP contribution in [0.1, 0.15) is 30.4 Å². The second-order valence-electron chi connectivity index (χ2n) is 9.29. The number of hydrogen-bond acceptors (Lipinski definition) is 8. The Balaban J connectivity index is 2.26. The molecule has 0 bridgehead atoms. The van der Waals surface area contributed by atoms with Crippen molar-refractivity contribution >= 4 is 35.6 Å². The van der Waals surface area contributed by atoms with E-state index >= 15 is 0 Å². The molecule has 0 aliphatic rings. The van der Waals surface area contributed by atoms with Gasteiger partial charge >= 0.3 is 11.9 Å². The first kappa shape index (κ1) is 32.2. The summed E-state index contributed by atoms with van der Waals surface area (Å²) >= 11 is 0. The van der Waals surface area contributed by atoms with E-state index in [1.165, 1.54) is 24.3 Å². The van der Waals surface area contributed by atoms with E-state index in [2.05, 4.69) is 16.0 Å².